The molecule has 0 N–H and O–H groups in total. The van der Waals surface area contributed by atoms with Crippen LogP contribution in [0.4, 0.5) is 20.2 Å². The van der Waals surface area contributed by atoms with Gasteiger partial charge < -0.3 is 0 Å². The van der Waals surface area contributed by atoms with Crippen LogP contribution < -0.4 is 4.90 Å². The van der Waals surface area contributed by atoms with Crippen LogP contribution in [-0.4, -0.2) is 5.91 Å². The zero-order valence-electron chi connectivity index (χ0n) is 17.4. The number of halogens is 2. The van der Waals surface area contributed by atoms with Crippen LogP contribution in [0, 0.1) is 11.6 Å². The van der Waals surface area contributed by atoms with Gasteiger partial charge in [0.2, 0.25) is 0 Å². The lowest BCUT2D eigenvalue weighted by molar-refractivity contribution is 0.100. The maximum Gasteiger partial charge on any atom is 0.263 e. The summed E-state index contributed by atoms with van der Waals surface area (Å²) in [5.74, 6) is -0.763. The van der Waals surface area contributed by atoms with Gasteiger partial charge in [0.25, 0.3) is 5.91 Å². The first-order valence-corrected chi connectivity index (χ1v) is 10.6. The van der Waals surface area contributed by atoms with Crippen molar-refractivity contribution < 1.29 is 13.6 Å². The molecule has 0 saturated heterocycles. The molecule has 1 aliphatic rings. The summed E-state index contributed by atoms with van der Waals surface area (Å²) in [6.45, 7) is 0. The van der Waals surface area contributed by atoms with Crippen molar-refractivity contribution in [2.75, 3.05) is 4.90 Å². The molecule has 0 unspecified atom stereocenters. The topological polar surface area (TPSA) is 20.3 Å². The summed E-state index contributed by atoms with van der Waals surface area (Å²) < 4.78 is 27.4. The van der Waals surface area contributed by atoms with Crippen molar-refractivity contribution in [3.8, 4) is 22.3 Å². The molecule has 0 radical (unpaired) electrons. The number of rotatable bonds is 3. The zero-order chi connectivity index (χ0) is 22.5. The normalized spacial score (nSPS) is 12.5. The van der Waals surface area contributed by atoms with Gasteiger partial charge in [-0.2, -0.15) is 0 Å². The number of benzene rings is 5. The summed E-state index contributed by atoms with van der Waals surface area (Å²) in [4.78, 5) is 15.3. The minimum Gasteiger partial charge on any atom is -0.276 e. The molecule has 1 heterocycles. The maximum atomic E-state index is 13.7. The van der Waals surface area contributed by atoms with Crippen molar-refractivity contribution in [1.29, 1.82) is 0 Å². The SMILES string of the molecule is O=C1c2cc(-c3ccc(F)cc3)c(-c3ccc(F)cc3)c3cccc(c23)N1c1ccccc1. The molecular formula is C29H17F2NO. The lowest BCUT2D eigenvalue weighted by Crippen LogP contribution is -2.20. The van der Waals surface area contributed by atoms with Gasteiger partial charge in [-0.25, -0.2) is 8.78 Å². The van der Waals surface area contributed by atoms with E-state index in [1.807, 2.05) is 54.6 Å². The molecule has 4 heteroatoms. The molecule has 6 rings (SSSR count). The van der Waals surface area contributed by atoms with E-state index in [9.17, 15) is 13.6 Å². The second kappa shape index (κ2) is 7.38. The van der Waals surface area contributed by atoms with Crippen LogP contribution in [0.25, 0.3) is 33.0 Å². The molecule has 0 bridgehead atoms. The molecule has 33 heavy (non-hydrogen) atoms. The minimum absolute atomic E-state index is 0.110. The lowest BCUT2D eigenvalue weighted by atomic mass is 9.87. The highest BCUT2D eigenvalue weighted by atomic mass is 19.1. The average molecular weight is 433 g/mol. The Hall–Kier alpha value is -4.31. The number of amides is 1. The Balaban J connectivity index is 1.70. The molecule has 0 spiro atoms. The molecule has 158 valence electrons. The van der Waals surface area contributed by atoms with Crippen molar-refractivity contribution >= 4 is 28.1 Å². The van der Waals surface area contributed by atoms with E-state index in [1.54, 1.807) is 29.2 Å². The Morgan fingerprint density at radius 1 is 0.606 bits per heavy atom. The predicted octanol–water partition coefficient (Wildman–Crippen LogP) is 7.74. The second-order valence-electron chi connectivity index (χ2n) is 8.04. The molecule has 1 aliphatic heterocycles. The summed E-state index contributed by atoms with van der Waals surface area (Å²) in [6.07, 6.45) is 0. The summed E-state index contributed by atoms with van der Waals surface area (Å²) >= 11 is 0. The monoisotopic (exact) mass is 433 g/mol. The molecule has 0 atom stereocenters. The van der Waals surface area contributed by atoms with Gasteiger partial charge in [-0.05, 0) is 76.2 Å². The fourth-order valence-electron chi connectivity index (χ4n) is 4.67. The zero-order valence-corrected chi connectivity index (χ0v) is 17.4. The highest BCUT2D eigenvalue weighted by Crippen LogP contribution is 2.48. The fourth-order valence-corrected chi connectivity index (χ4v) is 4.67. The summed E-state index contributed by atoms with van der Waals surface area (Å²) in [6, 6.07) is 29.8. The van der Waals surface area contributed by atoms with Crippen LogP contribution in [0.3, 0.4) is 0 Å². The van der Waals surface area contributed by atoms with E-state index >= 15 is 0 Å². The van der Waals surface area contributed by atoms with Gasteiger partial charge in [0.1, 0.15) is 11.6 Å². The average Bonchev–Trinajstić information content (AvgIpc) is 3.13. The Kier molecular flexibility index (Phi) is 4.34. The van der Waals surface area contributed by atoms with Gasteiger partial charge in [-0.3, -0.25) is 9.69 Å². The van der Waals surface area contributed by atoms with Gasteiger partial charge in [0.05, 0.1) is 11.3 Å². The van der Waals surface area contributed by atoms with E-state index in [1.165, 1.54) is 24.3 Å². The lowest BCUT2D eigenvalue weighted by Gasteiger charge is -2.17. The number of hydrogen-bond donors (Lipinski definition) is 0. The Morgan fingerprint density at radius 2 is 1.24 bits per heavy atom. The highest BCUT2D eigenvalue weighted by molar-refractivity contribution is 6.30. The van der Waals surface area contributed by atoms with E-state index in [2.05, 4.69) is 0 Å². The molecule has 1 amide bonds. The smallest absolute Gasteiger partial charge is 0.263 e. The van der Waals surface area contributed by atoms with Crippen LogP contribution in [0.1, 0.15) is 10.4 Å². The van der Waals surface area contributed by atoms with Crippen molar-refractivity contribution in [2.24, 2.45) is 0 Å². The van der Waals surface area contributed by atoms with Gasteiger partial charge >= 0.3 is 0 Å². The number of para-hydroxylation sites is 1. The third-order valence-corrected chi connectivity index (χ3v) is 6.12. The Morgan fingerprint density at radius 3 is 1.91 bits per heavy atom. The van der Waals surface area contributed by atoms with Crippen molar-refractivity contribution in [2.45, 2.75) is 0 Å². The first kappa shape index (κ1) is 19.4. The first-order valence-electron chi connectivity index (χ1n) is 10.6. The minimum atomic E-state index is -0.332. The number of carbonyl (C=O) groups excluding carboxylic acids is 1. The first-order chi connectivity index (χ1) is 16.1. The van der Waals surface area contributed by atoms with E-state index < -0.39 is 0 Å². The number of carbonyl (C=O) groups is 1. The Labute approximate surface area is 189 Å². The third-order valence-electron chi connectivity index (χ3n) is 6.12. The van der Waals surface area contributed by atoms with Crippen LogP contribution >= 0.6 is 0 Å². The van der Waals surface area contributed by atoms with Crippen molar-refractivity contribution in [3.05, 3.63) is 120 Å². The molecule has 0 fully saturated rings. The third kappa shape index (κ3) is 3.03. The maximum absolute atomic E-state index is 13.7. The summed E-state index contributed by atoms with van der Waals surface area (Å²) in [5.41, 5.74) is 5.48. The standard InChI is InChI=1S/C29H17F2NO/c30-20-13-9-18(10-14-20)24-17-25-28-23(27(24)19-11-15-21(31)16-12-19)7-4-8-26(28)32(29(25)33)22-5-2-1-3-6-22/h1-17H. The van der Waals surface area contributed by atoms with E-state index in [4.69, 9.17) is 0 Å². The molecule has 5 aromatic rings. The van der Waals surface area contributed by atoms with Crippen LogP contribution in [0.2, 0.25) is 0 Å². The quantitative estimate of drug-likeness (QED) is 0.285. The van der Waals surface area contributed by atoms with Crippen molar-refractivity contribution in [3.63, 3.8) is 0 Å². The second-order valence-corrected chi connectivity index (χ2v) is 8.04. The molecule has 0 aromatic heterocycles. The van der Waals surface area contributed by atoms with Gasteiger partial charge in [-0.1, -0.05) is 54.6 Å². The number of anilines is 2. The van der Waals surface area contributed by atoms with E-state index in [0.29, 0.717) is 5.56 Å². The summed E-state index contributed by atoms with van der Waals surface area (Å²) in [5, 5.41) is 1.75. The fraction of sp³-hybridized carbons (Fsp3) is 0. The van der Waals surface area contributed by atoms with Crippen LogP contribution in [0.5, 0.6) is 0 Å². The number of hydrogen-bond acceptors (Lipinski definition) is 1. The van der Waals surface area contributed by atoms with Gasteiger partial charge in [0.15, 0.2) is 0 Å². The molecule has 0 aliphatic carbocycles. The van der Waals surface area contributed by atoms with Crippen molar-refractivity contribution in [1.82, 2.24) is 0 Å². The van der Waals surface area contributed by atoms with E-state index in [0.717, 1.165) is 44.4 Å². The van der Waals surface area contributed by atoms with Gasteiger partial charge in [-0.15, -0.1) is 0 Å². The predicted molar refractivity (Wildman–Crippen MR) is 128 cm³/mol. The largest absolute Gasteiger partial charge is 0.276 e. The Bertz CT molecular complexity index is 1530. The highest BCUT2D eigenvalue weighted by Gasteiger charge is 2.33. The van der Waals surface area contributed by atoms with Gasteiger partial charge in [0, 0.05) is 11.1 Å². The summed E-state index contributed by atoms with van der Waals surface area (Å²) in [7, 11) is 0. The van der Waals surface area contributed by atoms with Crippen LogP contribution in [0.15, 0.2) is 103 Å². The number of nitrogens with zero attached hydrogens (tertiary/aromatic N) is 1. The molecule has 0 saturated carbocycles. The molecule has 2 nitrogen and oxygen atoms in total. The van der Waals surface area contributed by atoms with Crippen LogP contribution in [-0.2, 0) is 0 Å². The van der Waals surface area contributed by atoms with E-state index in [-0.39, 0.29) is 17.5 Å². The molecular weight excluding hydrogens is 416 g/mol. The molecule has 5 aromatic carbocycles.